The Kier molecular flexibility index (Phi) is 5.47. The van der Waals surface area contributed by atoms with Crippen LogP contribution in [0.25, 0.3) is 0 Å². The van der Waals surface area contributed by atoms with Gasteiger partial charge in [0.1, 0.15) is 12.4 Å². The molecule has 0 amide bonds. The molecule has 1 aliphatic heterocycles. The van der Waals surface area contributed by atoms with Crippen LogP contribution in [0.5, 0.6) is 5.75 Å². The van der Waals surface area contributed by atoms with Crippen LogP contribution >= 0.6 is 15.9 Å². The second-order valence-corrected chi connectivity index (χ2v) is 5.50. The second kappa shape index (κ2) is 7.12. The first-order valence-corrected chi connectivity index (χ1v) is 7.26. The van der Waals surface area contributed by atoms with Gasteiger partial charge in [-0.15, -0.1) is 0 Å². The molecule has 1 aliphatic rings. The molecule has 18 heavy (non-hydrogen) atoms. The molecular weight excluding hydrogens is 294 g/mol. The van der Waals surface area contributed by atoms with E-state index in [2.05, 4.69) is 27.3 Å². The second-order valence-electron chi connectivity index (χ2n) is 4.58. The molecule has 1 fully saturated rings. The summed E-state index contributed by atoms with van der Waals surface area (Å²) in [7, 11) is 1.94. The van der Waals surface area contributed by atoms with Crippen molar-refractivity contribution in [3.05, 3.63) is 28.2 Å². The van der Waals surface area contributed by atoms with Crippen molar-refractivity contribution in [3.63, 3.8) is 0 Å². The third-order valence-corrected chi connectivity index (χ3v) is 3.58. The standard InChI is InChI=1S/C14H20BrNO2/c1-16-9-11-8-12(15)5-6-14(11)18-10-13-4-2-3-7-17-13/h5-6,8,13,16H,2-4,7,9-10H2,1H3. The highest BCUT2D eigenvalue weighted by Gasteiger charge is 2.15. The van der Waals surface area contributed by atoms with Gasteiger partial charge in [-0.05, 0) is 44.5 Å². The normalized spacial score (nSPS) is 19.8. The first-order valence-electron chi connectivity index (χ1n) is 6.47. The summed E-state index contributed by atoms with van der Waals surface area (Å²) in [6.07, 6.45) is 3.79. The number of rotatable bonds is 5. The molecule has 2 rings (SSSR count). The summed E-state index contributed by atoms with van der Waals surface area (Å²) < 4.78 is 12.6. The van der Waals surface area contributed by atoms with Crippen LogP contribution in [0.1, 0.15) is 24.8 Å². The predicted octanol–water partition coefficient (Wildman–Crippen LogP) is 3.12. The molecule has 1 unspecified atom stereocenters. The maximum Gasteiger partial charge on any atom is 0.124 e. The Balaban J connectivity index is 1.94. The third-order valence-electron chi connectivity index (χ3n) is 3.09. The van der Waals surface area contributed by atoms with Crippen molar-refractivity contribution in [2.75, 3.05) is 20.3 Å². The molecule has 0 radical (unpaired) electrons. The van der Waals surface area contributed by atoms with Crippen LogP contribution in [0.3, 0.4) is 0 Å². The van der Waals surface area contributed by atoms with E-state index < -0.39 is 0 Å². The van der Waals surface area contributed by atoms with E-state index in [1.165, 1.54) is 18.4 Å². The highest BCUT2D eigenvalue weighted by Crippen LogP contribution is 2.24. The zero-order valence-corrected chi connectivity index (χ0v) is 12.3. The highest BCUT2D eigenvalue weighted by molar-refractivity contribution is 9.10. The summed E-state index contributed by atoms with van der Waals surface area (Å²) in [5, 5.41) is 3.16. The van der Waals surface area contributed by atoms with Crippen LogP contribution in [-0.4, -0.2) is 26.4 Å². The Morgan fingerprint density at radius 1 is 1.44 bits per heavy atom. The molecule has 0 saturated carbocycles. The van der Waals surface area contributed by atoms with Crippen molar-refractivity contribution in [3.8, 4) is 5.75 Å². The van der Waals surface area contributed by atoms with Gasteiger partial charge in [0, 0.05) is 23.2 Å². The van der Waals surface area contributed by atoms with Crippen LogP contribution in [0.4, 0.5) is 0 Å². The van der Waals surface area contributed by atoms with Gasteiger partial charge in [0.15, 0.2) is 0 Å². The molecule has 4 heteroatoms. The largest absolute Gasteiger partial charge is 0.491 e. The minimum atomic E-state index is 0.254. The van der Waals surface area contributed by atoms with Crippen molar-refractivity contribution in [1.29, 1.82) is 0 Å². The first-order chi connectivity index (χ1) is 8.79. The molecule has 0 aromatic heterocycles. The fourth-order valence-electron chi connectivity index (χ4n) is 2.14. The Hall–Kier alpha value is -0.580. The minimum absolute atomic E-state index is 0.254. The molecule has 1 N–H and O–H groups in total. The molecule has 3 nitrogen and oxygen atoms in total. The molecule has 1 aromatic rings. The van der Waals surface area contributed by atoms with Gasteiger partial charge in [0.25, 0.3) is 0 Å². The van der Waals surface area contributed by atoms with Crippen molar-refractivity contribution in [1.82, 2.24) is 5.32 Å². The SMILES string of the molecule is CNCc1cc(Br)ccc1OCC1CCCCO1. The van der Waals surface area contributed by atoms with E-state index in [0.29, 0.717) is 6.61 Å². The quantitative estimate of drug-likeness (QED) is 0.906. The predicted molar refractivity (Wildman–Crippen MR) is 76.0 cm³/mol. The summed E-state index contributed by atoms with van der Waals surface area (Å²) in [6.45, 7) is 2.33. The number of hydrogen-bond donors (Lipinski definition) is 1. The highest BCUT2D eigenvalue weighted by atomic mass is 79.9. The molecule has 0 spiro atoms. The van der Waals surface area contributed by atoms with E-state index in [1.54, 1.807) is 0 Å². The van der Waals surface area contributed by atoms with Gasteiger partial charge in [-0.3, -0.25) is 0 Å². The average Bonchev–Trinajstić information content (AvgIpc) is 2.39. The maximum atomic E-state index is 5.90. The minimum Gasteiger partial charge on any atom is -0.491 e. The topological polar surface area (TPSA) is 30.5 Å². The van der Waals surface area contributed by atoms with E-state index >= 15 is 0 Å². The Morgan fingerprint density at radius 3 is 3.06 bits per heavy atom. The van der Waals surface area contributed by atoms with Gasteiger partial charge < -0.3 is 14.8 Å². The van der Waals surface area contributed by atoms with Crippen LogP contribution < -0.4 is 10.1 Å². The number of benzene rings is 1. The van der Waals surface area contributed by atoms with Crippen LogP contribution in [0.15, 0.2) is 22.7 Å². The molecule has 1 saturated heterocycles. The lowest BCUT2D eigenvalue weighted by Gasteiger charge is -2.23. The lowest BCUT2D eigenvalue weighted by molar-refractivity contribution is -0.0112. The van der Waals surface area contributed by atoms with Gasteiger partial charge in [-0.2, -0.15) is 0 Å². The summed E-state index contributed by atoms with van der Waals surface area (Å²) in [5.74, 6) is 0.946. The van der Waals surface area contributed by atoms with Gasteiger partial charge in [-0.25, -0.2) is 0 Å². The Bertz CT molecular complexity index is 378. The van der Waals surface area contributed by atoms with Crippen LogP contribution in [0, 0.1) is 0 Å². The number of ether oxygens (including phenoxy) is 2. The van der Waals surface area contributed by atoms with Crippen LogP contribution in [0.2, 0.25) is 0 Å². The lowest BCUT2D eigenvalue weighted by Crippen LogP contribution is -2.26. The Labute approximate surface area is 117 Å². The van der Waals surface area contributed by atoms with E-state index in [-0.39, 0.29) is 6.10 Å². The number of hydrogen-bond acceptors (Lipinski definition) is 3. The first kappa shape index (κ1) is 13.8. The zero-order chi connectivity index (χ0) is 12.8. The van der Waals surface area contributed by atoms with Crippen molar-refractivity contribution >= 4 is 15.9 Å². The van der Waals surface area contributed by atoms with Gasteiger partial charge in [-0.1, -0.05) is 15.9 Å². The van der Waals surface area contributed by atoms with E-state index in [0.717, 1.165) is 29.8 Å². The molecule has 1 atom stereocenters. The van der Waals surface area contributed by atoms with Gasteiger partial charge >= 0.3 is 0 Å². The molecule has 100 valence electrons. The van der Waals surface area contributed by atoms with Gasteiger partial charge in [0.2, 0.25) is 0 Å². The molecule has 0 bridgehead atoms. The fourth-order valence-corrected chi connectivity index (χ4v) is 2.55. The van der Waals surface area contributed by atoms with Crippen LogP contribution in [-0.2, 0) is 11.3 Å². The summed E-state index contributed by atoms with van der Waals surface area (Å²) in [4.78, 5) is 0. The number of nitrogens with one attached hydrogen (secondary N) is 1. The molecule has 0 aliphatic carbocycles. The van der Waals surface area contributed by atoms with Crippen molar-refractivity contribution < 1.29 is 9.47 Å². The zero-order valence-electron chi connectivity index (χ0n) is 10.7. The van der Waals surface area contributed by atoms with Crippen molar-refractivity contribution in [2.45, 2.75) is 31.9 Å². The van der Waals surface area contributed by atoms with E-state index in [4.69, 9.17) is 9.47 Å². The average molecular weight is 314 g/mol. The van der Waals surface area contributed by atoms with Crippen molar-refractivity contribution in [2.24, 2.45) is 0 Å². The molecule has 1 aromatic carbocycles. The summed E-state index contributed by atoms with van der Waals surface area (Å²) in [6, 6.07) is 6.11. The van der Waals surface area contributed by atoms with E-state index in [9.17, 15) is 0 Å². The molecular formula is C14H20BrNO2. The maximum absolute atomic E-state index is 5.90. The van der Waals surface area contributed by atoms with Gasteiger partial charge in [0.05, 0.1) is 6.10 Å². The number of halogens is 1. The summed E-state index contributed by atoms with van der Waals surface area (Å²) >= 11 is 3.49. The lowest BCUT2D eigenvalue weighted by atomic mass is 10.1. The smallest absolute Gasteiger partial charge is 0.124 e. The fraction of sp³-hybridized carbons (Fsp3) is 0.571. The Morgan fingerprint density at radius 2 is 2.33 bits per heavy atom. The molecule has 1 heterocycles. The third kappa shape index (κ3) is 3.97. The van der Waals surface area contributed by atoms with E-state index in [1.807, 2.05) is 19.2 Å². The monoisotopic (exact) mass is 313 g/mol. The summed E-state index contributed by atoms with van der Waals surface area (Å²) in [5.41, 5.74) is 1.17.